The molecule has 10 heteroatoms. The first-order chi connectivity index (χ1) is 14.4. The minimum Gasteiger partial charge on any atom is -0.466 e. The largest absolute Gasteiger partial charge is 0.466 e. The van der Waals surface area contributed by atoms with Gasteiger partial charge in [-0.15, -0.1) is 11.8 Å². The fourth-order valence-corrected chi connectivity index (χ4v) is 4.95. The van der Waals surface area contributed by atoms with Crippen molar-refractivity contribution >= 4 is 35.1 Å². The summed E-state index contributed by atoms with van der Waals surface area (Å²) in [6.07, 6.45) is 5.64. The van der Waals surface area contributed by atoms with Crippen molar-refractivity contribution in [3.05, 3.63) is 39.6 Å². The summed E-state index contributed by atoms with van der Waals surface area (Å²) in [5, 5.41) is 11.9. The number of thioether (sulfide) groups is 1. The molecule has 1 aliphatic carbocycles. The van der Waals surface area contributed by atoms with Crippen molar-refractivity contribution in [3.8, 4) is 0 Å². The van der Waals surface area contributed by atoms with E-state index in [0.29, 0.717) is 10.9 Å². The lowest BCUT2D eigenvalue weighted by Crippen LogP contribution is -2.38. The summed E-state index contributed by atoms with van der Waals surface area (Å²) in [5.41, 5.74) is 0.248. The molecule has 0 bridgehead atoms. The predicted octanol–water partition coefficient (Wildman–Crippen LogP) is 3.41. The average molecular weight is 436 g/mol. The van der Waals surface area contributed by atoms with E-state index >= 15 is 0 Å². The molecule has 0 spiro atoms. The molecule has 0 saturated heterocycles. The van der Waals surface area contributed by atoms with Crippen LogP contribution < -0.4 is 4.90 Å². The maximum absolute atomic E-state index is 12.5. The van der Waals surface area contributed by atoms with Gasteiger partial charge in [0.15, 0.2) is 0 Å². The van der Waals surface area contributed by atoms with Crippen LogP contribution in [0, 0.1) is 10.1 Å². The van der Waals surface area contributed by atoms with E-state index in [1.165, 1.54) is 37.7 Å². The van der Waals surface area contributed by atoms with Gasteiger partial charge in [-0.3, -0.25) is 10.1 Å². The quantitative estimate of drug-likeness (QED) is 0.376. The second-order valence-corrected chi connectivity index (χ2v) is 8.41. The van der Waals surface area contributed by atoms with Gasteiger partial charge < -0.3 is 19.1 Å². The molecule has 1 aromatic carbocycles. The zero-order valence-electron chi connectivity index (χ0n) is 16.9. The molecule has 1 aliphatic heterocycles. The highest BCUT2D eigenvalue weighted by atomic mass is 32.2. The number of carbonyl (C=O) groups is 2. The molecule has 0 atom stereocenters. The Labute approximate surface area is 178 Å². The molecule has 1 saturated carbocycles. The van der Waals surface area contributed by atoms with Gasteiger partial charge in [-0.1, -0.05) is 19.3 Å². The first-order valence-electron chi connectivity index (χ1n) is 9.65. The van der Waals surface area contributed by atoms with Crippen molar-refractivity contribution in [2.45, 2.75) is 42.2 Å². The number of hydrogen-bond acceptors (Lipinski definition) is 9. The van der Waals surface area contributed by atoms with Gasteiger partial charge in [0, 0.05) is 22.3 Å². The predicted molar refractivity (Wildman–Crippen MR) is 110 cm³/mol. The van der Waals surface area contributed by atoms with Crippen molar-refractivity contribution in [2.24, 2.45) is 0 Å². The van der Waals surface area contributed by atoms with Crippen LogP contribution in [-0.2, 0) is 23.8 Å². The molecule has 162 valence electrons. The highest BCUT2D eigenvalue weighted by Gasteiger charge is 2.33. The van der Waals surface area contributed by atoms with Crippen molar-refractivity contribution < 1.29 is 28.7 Å². The third-order valence-electron chi connectivity index (χ3n) is 5.09. The lowest BCUT2D eigenvalue weighted by molar-refractivity contribution is -0.385. The zero-order valence-corrected chi connectivity index (χ0v) is 17.7. The third kappa shape index (κ3) is 4.93. The number of nitro benzene ring substituents is 1. The average Bonchev–Trinajstić information content (AvgIpc) is 2.77. The number of benzene rings is 1. The highest BCUT2D eigenvalue weighted by Crippen LogP contribution is 2.38. The van der Waals surface area contributed by atoms with Gasteiger partial charge in [0.05, 0.1) is 37.0 Å². The zero-order chi connectivity index (χ0) is 21.7. The number of ether oxygens (including phenoxy) is 3. The molecule has 2 aliphatic rings. The van der Waals surface area contributed by atoms with Crippen LogP contribution in [0.5, 0.6) is 0 Å². The minimum atomic E-state index is -0.744. The molecule has 0 aromatic heterocycles. The van der Waals surface area contributed by atoms with E-state index in [0.717, 1.165) is 30.6 Å². The topological polar surface area (TPSA) is 108 Å². The van der Waals surface area contributed by atoms with Gasteiger partial charge >= 0.3 is 11.9 Å². The van der Waals surface area contributed by atoms with E-state index in [4.69, 9.17) is 14.2 Å². The monoisotopic (exact) mass is 436 g/mol. The Hall–Kier alpha value is -2.59. The van der Waals surface area contributed by atoms with Gasteiger partial charge in [0.1, 0.15) is 12.4 Å². The number of carbonyl (C=O) groups excluding carboxylic acids is 2. The summed E-state index contributed by atoms with van der Waals surface area (Å²) < 4.78 is 15.1. The normalized spacial score (nSPS) is 17.6. The number of methoxy groups -OCH3 is 2. The van der Waals surface area contributed by atoms with Crippen molar-refractivity contribution in [2.75, 3.05) is 32.5 Å². The summed E-state index contributed by atoms with van der Waals surface area (Å²) in [7, 11) is 2.41. The maximum Gasteiger partial charge on any atom is 0.355 e. The highest BCUT2D eigenvalue weighted by molar-refractivity contribution is 8.00. The number of non-ortho nitro benzene ring substituents is 1. The SMILES string of the molecule is COC(=O)C1=C(C(=O)OC)N(c2cc(SC3CCCCC3)cc([N+](=O)[O-])c2)COC1. The Morgan fingerprint density at radius 3 is 2.47 bits per heavy atom. The van der Waals surface area contributed by atoms with Crippen LogP contribution in [0.15, 0.2) is 34.4 Å². The van der Waals surface area contributed by atoms with Gasteiger partial charge in [0.25, 0.3) is 5.69 Å². The number of nitro groups is 1. The molecule has 0 radical (unpaired) electrons. The van der Waals surface area contributed by atoms with Crippen LogP contribution in [-0.4, -0.2) is 49.7 Å². The summed E-state index contributed by atoms with van der Waals surface area (Å²) >= 11 is 1.61. The van der Waals surface area contributed by atoms with Crippen molar-refractivity contribution in [1.82, 2.24) is 0 Å². The van der Waals surface area contributed by atoms with Gasteiger partial charge in [-0.25, -0.2) is 9.59 Å². The first-order valence-corrected chi connectivity index (χ1v) is 10.5. The van der Waals surface area contributed by atoms with Gasteiger partial charge in [-0.2, -0.15) is 0 Å². The van der Waals surface area contributed by atoms with E-state index < -0.39 is 16.9 Å². The van der Waals surface area contributed by atoms with E-state index in [2.05, 4.69) is 0 Å². The Morgan fingerprint density at radius 1 is 1.13 bits per heavy atom. The van der Waals surface area contributed by atoms with E-state index in [1.54, 1.807) is 17.8 Å². The van der Waals surface area contributed by atoms with Crippen LogP contribution >= 0.6 is 11.8 Å². The molecular weight excluding hydrogens is 412 g/mol. The molecule has 0 N–H and O–H groups in total. The Morgan fingerprint density at radius 2 is 1.83 bits per heavy atom. The summed E-state index contributed by atoms with van der Waals surface area (Å²) in [5.74, 6) is -1.46. The molecule has 1 heterocycles. The molecule has 0 amide bonds. The number of rotatable bonds is 6. The molecule has 0 unspecified atom stereocenters. The molecule has 3 rings (SSSR count). The van der Waals surface area contributed by atoms with Crippen molar-refractivity contribution in [3.63, 3.8) is 0 Å². The first kappa shape index (κ1) is 22.1. The molecule has 30 heavy (non-hydrogen) atoms. The van der Waals surface area contributed by atoms with Crippen LogP contribution in [0.4, 0.5) is 11.4 Å². The number of nitrogens with zero attached hydrogens (tertiary/aromatic N) is 2. The van der Waals surface area contributed by atoms with Crippen LogP contribution in [0.1, 0.15) is 32.1 Å². The van der Waals surface area contributed by atoms with E-state index in [-0.39, 0.29) is 30.3 Å². The van der Waals surface area contributed by atoms with Crippen molar-refractivity contribution in [1.29, 1.82) is 0 Å². The second kappa shape index (κ2) is 9.94. The lowest BCUT2D eigenvalue weighted by Gasteiger charge is -2.31. The minimum absolute atomic E-state index is 0.00332. The van der Waals surface area contributed by atoms with E-state index in [1.807, 2.05) is 0 Å². The third-order valence-corrected chi connectivity index (χ3v) is 6.40. The summed E-state index contributed by atoms with van der Waals surface area (Å²) in [6.45, 7) is -0.175. The second-order valence-electron chi connectivity index (χ2n) is 7.04. The number of hydrogen-bond donors (Lipinski definition) is 0. The smallest absolute Gasteiger partial charge is 0.355 e. The number of anilines is 1. The fraction of sp³-hybridized carbons (Fsp3) is 0.500. The van der Waals surface area contributed by atoms with Gasteiger partial charge in [-0.05, 0) is 18.9 Å². The molecule has 1 fully saturated rings. The molecule has 9 nitrogen and oxygen atoms in total. The maximum atomic E-state index is 12.5. The van der Waals surface area contributed by atoms with Gasteiger partial charge in [0.2, 0.25) is 0 Å². The fourth-order valence-electron chi connectivity index (χ4n) is 3.62. The Bertz CT molecular complexity index is 865. The van der Waals surface area contributed by atoms with E-state index in [9.17, 15) is 19.7 Å². The van der Waals surface area contributed by atoms with Crippen LogP contribution in [0.25, 0.3) is 0 Å². The Balaban J connectivity index is 2.03. The molecular formula is C20H24N2O7S. The summed E-state index contributed by atoms with van der Waals surface area (Å²) in [4.78, 5) is 37.9. The lowest BCUT2D eigenvalue weighted by atomic mass is 10.0. The standard InChI is InChI=1S/C20H24N2O7S/c1-27-19(23)17-11-29-12-21(18(17)20(24)28-2)13-8-14(22(25)26)10-16(9-13)30-15-6-4-3-5-7-15/h8-10,15H,3-7,11-12H2,1-2H3. The van der Waals surface area contributed by atoms with Crippen LogP contribution in [0.3, 0.4) is 0 Å². The summed E-state index contributed by atoms with van der Waals surface area (Å²) in [6, 6.07) is 4.67. The molecule has 1 aromatic rings. The van der Waals surface area contributed by atoms with Crippen LogP contribution in [0.2, 0.25) is 0 Å². The Kier molecular flexibility index (Phi) is 7.33. The number of esters is 2.